The molecule has 27 heavy (non-hydrogen) atoms. The van der Waals surface area contributed by atoms with Crippen molar-refractivity contribution in [3.05, 3.63) is 91.0 Å². The smallest absolute Gasteiger partial charge is 0.389 e. The Morgan fingerprint density at radius 3 is 1.56 bits per heavy atom. The van der Waals surface area contributed by atoms with Crippen molar-refractivity contribution in [2.75, 3.05) is 0 Å². The summed E-state index contributed by atoms with van der Waals surface area (Å²) < 4.78 is 44.5. The van der Waals surface area contributed by atoms with Crippen LogP contribution in [0.3, 0.4) is 0 Å². The molecule has 0 N–H and O–H groups in total. The minimum Gasteiger partial charge on any atom is -0.389 e. The largest absolute Gasteiger partial charge is 0.492 e. The molecule has 0 fully saturated rings. The molecule has 3 aromatic rings. The zero-order chi connectivity index (χ0) is 19.3. The number of halogens is 3. The van der Waals surface area contributed by atoms with Crippen LogP contribution in [-0.4, -0.2) is 12.1 Å². The topological polar surface area (TPSA) is 26.3 Å². The number of carbonyl (C=O) groups excluding carboxylic acids is 1. The fourth-order valence-corrected chi connectivity index (χ4v) is 7.56. The van der Waals surface area contributed by atoms with Gasteiger partial charge in [-0.3, -0.25) is 0 Å². The lowest BCUT2D eigenvalue weighted by molar-refractivity contribution is -0.188. The normalized spacial score (nSPS) is 12.4. The van der Waals surface area contributed by atoms with E-state index in [1.54, 1.807) is 84.9 Å². The standard InChI is InChI=1S/C20H15F3O2S2/c21-20(22,23)19(24)25-27(17-12-6-2-7-13-17,18-14-8-3-9-15-18)26-16-10-4-1-5-11-16/h1-15H. The highest BCUT2D eigenvalue weighted by Crippen LogP contribution is 2.74. The molecule has 0 aliphatic rings. The van der Waals surface area contributed by atoms with Gasteiger partial charge < -0.3 is 4.18 Å². The Hall–Kier alpha value is -2.38. The van der Waals surface area contributed by atoms with Gasteiger partial charge in [-0.15, -0.1) is 0 Å². The summed E-state index contributed by atoms with van der Waals surface area (Å²) in [7, 11) is -1.72. The van der Waals surface area contributed by atoms with Gasteiger partial charge in [0.15, 0.2) is 0 Å². The van der Waals surface area contributed by atoms with E-state index in [0.717, 1.165) is 10.8 Å². The van der Waals surface area contributed by atoms with Crippen LogP contribution in [0.4, 0.5) is 13.2 Å². The fourth-order valence-electron chi connectivity index (χ4n) is 2.31. The predicted octanol–water partition coefficient (Wildman–Crippen LogP) is 6.64. The van der Waals surface area contributed by atoms with Crippen LogP contribution in [0.15, 0.2) is 106 Å². The summed E-state index contributed by atoms with van der Waals surface area (Å²) in [4.78, 5) is 13.6. The monoisotopic (exact) mass is 408 g/mol. The Bertz CT molecular complexity index is 846. The van der Waals surface area contributed by atoms with Crippen molar-refractivity contribution in [3.8, 4) is 0 Å². The first kappa shape index (κ1) is 19.4. The van der Waals surface area contributed by atoms with E-state index in [-0.39, 0.29) is 0 Å². The van der Waals surface area contributed by atoms with Gasteiger partial charge in [-0.1, -0.05) is 54.6 Å². The summed E-state index contributed by atoms with van der Waals surface area (Å²) >= 11 is 0. The molecule has 0 spiro atoms. The molecule has 3 rings (SSSR count). The Labute approximate surface area is 160 Å². The van der Waals surface area contributed by atoms with Gasteiger partial charge in [-0.2, -0.15) is 13.2 Å². The lowest BCUT2D eigenvalue weighted by atomic mass is 10.4. The van der Waals surface area contributed by atoms with Crippen molar-refractivity contribution in [2.45, 2.75) is 20.9 Å². The molecule has 0 saturated carbocycles. The van der Waals surface area contributed by atoms with Crippen LogP contribution in [-0.2, 0) is 8.98 Å². The molecule has 0 heterocycles. The highest BCUT2D eigenvalue weighted by molar-refractivity contribution is 8.92. The highest BCUT2D eigenvalue weighted by Gasteiger charge is 2.47. The first-order valence-corrected chi connectivity index (χ1v) is 10.8. The van der Waals surface area contributed by atoms with Crippen LogP contribution in [0.1, 0.15) is 0 Å². The van der Waals surface area contributed by atoms with E-state index < -0.39 is 21.5 Å². The van der Waals surface area contributed by atoms with Gasteiger partial charge in [0.25, 0.3) is 0 Å². The van der Waals surface area contributed by atoms with Gasteiger partial charge in [0.05, 0.1) is 0 Å². The minimum absolute atomic E-state index is 0.516. The first-order chi connectivity index (χ1) is 12.9. The quantitative estimate of drug-likeness (QED) is 0.443. The van der Waals surface area contributed by atoms with Gasteiger partial charge in [-0.25, -0.2) is 4.79 Å². The van der Waals surface area contributed by atoms with Crippen molar-refractivity contribution < 1.29 is 22.1 Å². The Balaban J connectivity index is 2.19. The summed E-state index contributed by atoms with van der Waals surface area (Å²) in [6, 6.07) is 26.1. The summed E-state index contributed by atoms with van der Waals surface area (Å²) in [6.45, 7) is 0. The third-order valence-corrected chi connectivity index (χ3v) is 9.00. The molecule has 0 aliphatic carbocycles. The second-order valence-electron chi connectivity index (χ2n) is 5.39. The van der Waals surface area contributed by atoms with Gasteiger partial charge in [-0.05, 0) is 47.2 Å². The Kier molecular flexibility index (Phi) is 5.82. The van der Waals surface area contributed by atoms with Crippen LogP contribution in [0.5, 0.6) is 0 Å². The van der Waals surface area contributed by atoms with Gasteiger partial charge in [0, 0.05) is 24.0 Å². The molecule has 0 radical (unpaired) electrons. The van der Waals surface area contributed by atoms with Crippen molar-refractivity contribution in [1.82, 2.24) is 0 Å². The summed E-state index contributed by atoms with van der Waals surface area (Å²) in [5.74, 6) is -2.20. The average molecular weight is 408 g/mol. The molecule has 2 nitrogen and oxygen atoms in total. The predicted molar refractivity (Wildman–Crippen MR) is 101 cm³/mol. The van der Waals surface area contributed by atoms with Crippen molar-refractivity contribution in [2.24, 2.45) is 0 Å². The number of alkyl halides is 3. The maximum Gasteiger partial charge on any atom is 0.492 e. The van der Waals surface area contributed by atoms with Crippen LogP contribution in [0.2, 0.25) is 0 Å². The van der Waals surface area contributed by atoms with Crippen molar-refractivity contribution >= 4 is 26.1 Å². The van der Waals surface area contributed by atoms with Gasteiger partial charge >= 0.3 is 12.1 Å². The van der Waals surface area contributed by atoms with E-state index in [4.69, 9.17) is 4.18 Å². The minimum atomic E-state index is -5.08. The average Bonchev–Trinajstić information content (AvgIpc) is 2.69. The third-order valence-electron chi connectivity index (χ3n) is 3.49. The first-order valence-electron chi connectivity index (χ1n) is 7.90. The SMILES string of the molecule is O=C(OS(Sc1ccccc1)(c1ccccc1)c1ccccc1)C(F)(F)F. The summed E-state index contributed by atoms with van der Waals surface area (Å²) in [6.07, 6.45) is -5.08. The van der Waals surface area contributed by atoms with E-state index in [2.05, 4.69) is 0 Å². The zero-order valence-corrected chi connectivity index (χ0v) is 15.6. The van der Waals surface area contributed by atoms with Gasteiger partial charge in [0.2, 0.25) is 0 Å². The molecule has 0 aliphatic heterocycles. The lowest BCUT2D eigenvalue weighted by Crippen LogP contribution is -2.26. The highest BCUT2D eigenvalue weighted by atomic mass is 33.2. The molecule has 7 heteroatoms. The second kappa shape index (κ2) is 8.10. The molecule has 3 aromatic carbocycles. The molecule has 0 bridgehead atoms. The van der Waals surface area contributed by atoms with E-state index in [1.807, 2.05) is 6.07 Å². The summed E-state index contributed by atoms with van der Waals surface area (Å²) in [5.41, 5.74) is 0. The maximum absolute atomic E-state index is 13.1. The third kappa shape index (κ3) is 4.48. The molecular weight excluding hydrogens is 393 g/mol. The number of carbonyl (C=O) groups is 1. The Morgan fingerprint density at radius 1 is 0.741 bits per heavy atom. The van der Waals surface area contributed by atoms with Crippen LogP contribution in [0, 0.1) is 0 Å². The van der Waals surface area contributed by atoms with Crippen molar-refractivity contribution in [3.63, 3.8) is 0 Å². The zero-order valence-electron chi connectivity index (χ0n) is 13.9. The second-order valence-corrected chi connectivity index (χ2v) is 10.1. The number of rotatable bonds is 5. The lowest BCUT2D eigenvalue weighted by Gasteiger charge is -2.38. The number of benzene rings is 3. The molecule has 0 atom stereocenters. The summed E-state index contributed by atoms with van der Waals surface area (Å²) in [5, 5.41) is 0. The molecule has 140 valence electrons. The molecule has 0 aromatic heterocycles. The van der Waals surface area contributed by atoms with E-state index in [0.29, 0.717) is 14.7 Å². The maximum atomic E-state index is 13.1. The van der Waals surface area contributed by atoms with Crippen LogP contribution < -0.4 is 0 Å². The van der Waals surface area contributed by atoms with Crippen molar-refractivity contribution in [1.29, 1.82) is 0 Å². The Morgan fingerprint density at radius 2 is 1.15 bits per heavy atom. The number of hydrogen-bond donors (Lipinski definition) is 0. The van der Waals surface area contributed by atoms with Crippen LogP contribution in [0.25, 0.3) is 0 Å². The molecule has 0 saturated heterocycles. The van der Waals surface area contributed by atoms with Gasteiger partial charge in [0.1, 0.15) is 0 Å². The fraction of sp³-hybridized carbons (Fsp3) is 0.0500. The number of hydrogen-bond acceptors (Lipinski definition) is 3. The van der Waals surface area contributed by atoms with E-state index in [9.17, 15) is 18.0 Å². The van der Waals surface area contributed by atoms with E-state index >= 15 is 0 Å². The van der Waals surface area contributed by atoms with Crippen LogP contribution >= 0.6 is 20.1 Å². The molecule has 0 unspecified atom stereocenters. The molecule has 0 amide bonds. The molecular formula is C20H15F3O2S2. The van der Waals surface area contributed by atoms with E-state index in [1.165, 1.54) is 0 Å².